The van der Waals surface area contributed by atoms with Crippen molar-refractivity contribution in [2.45, 2.75) is 39.9 Å². The van der Waals surface area contributed by atoms with Gasteiger partial charge >= 0.3 is 11.9 Å². The summed E-state index contributed by atoms with van der Waals surface area (Å²) in [4.78, 5) is 23.4. The molecule has 0 amide bonds. The maximum atomic E-state index is 11.7. The van der Waals surface area contributed by atoms with E-state index in [9.17, 15) is 14.7 Å². The van der Waals surface area contributed by atoms with Crippen LogP contribution in [0.5, 0.6) is 5.75 Å². The van der Waals surface area contributed by atoms with Crippen molar-refractivity contribution in [2.24, 2.45) is 0 Å². The quantitative estimate of drug-likeness (QED) is 0.848. The Labute approximate surface area is 112 Å². The number of benzene rings is 1. The lowest BCUT2D eigenvalue weighted by atomic mass is 10.1. The largest absolute Gasteiger partial charge is 0.507 e. The molecule has 0 aliphatic carbocycles. The first kappa shape index (κ1) is 15.0. The van der Waals surface area contributed by atoms with Gasteiger partial charge in [-0.05, 0) is 45.9 Å². The smallest absolute Gasteiger partial charge is 0.342 e. The number of carbonyl (C=O) groups is 2. The Balaban J connectivity index is 3.00. The second-order valence-corrected chi connectivity index (χ2v) is 4.64. The third-order valence-electron chi connectivity index (χ3n) is 2.14. The van der Waals surface area contributed by atoms with E-state index in [0.29, 0.717) is 0 Å². The van der Waals surface area contributed by atoms with Gasteiger partial charge in [0.15, 0.2) is 0 Å². The number of carbonyl (C=O) groups excluding carboxylic acids is 2. The number of phenols is 1. The number of hydrogen-bond acceptors (Lipinski definition) is 5. The zero-order chi connectivity index (χ0) is 14.6. The summed E-state index contributed by atoms with van der Waals surface area (Å²) in [5.74, 6) is -1.45. The first-order valence-electron chi connectivity index (χ1n) is 6.06. The molecule has 0 fully saturated rings. The molecule has 0 bridgehead atoms. The average molecular weight is 266 g/mol. The van der Waals surface area contributed by atoms with E-state index < -0.39 is 11.9 Å². The van der Waals surface area contributed by atoms with E-state index in [1.807, 2.05) is 0 Å². The van der Waals surface area contributed by atoms with Gasteiger partial charge in [-0.15, -0.1) is 0 Å². The van der Waals surface area contributed by atoms with Crippen LogP contribution in [0, 0.1) is 0 Å². The second-order valence-electron chi connectivity index (χ2n) is 4.64. The van der Waals surface area contributed by atoms with Crippen molar-refractivity contribution in [1.82, 2.24) is 0 Å². The molecule has 0 saturated carbocycles. The number of esters is 2. The number of rotatable bonds is 4. The molecule has 104 valence electrons. The zero-order valence-electron chi connectivity index (χ0n) is 11.5. The fourth-order valence-corrected chi connectivity index (χ4v) is 1.39. The van der Waals surface area contributed by atoms with Crippen LogP contribution in [0.1, 0.15) is 48.4 Å². The van der Waals surface area contributed by atoms with Crippen molar-refractivity contribution in [1.29, 1.82) is 0 Å². The standard InChI is InChI=1S/C14H18O5/c1-8(2)18-13(16)10-5-6-12(15)11(7-10)14(17)19-9(3)4/h5-9,15H,1-4H3. The summed E-state index contributed by atoms with van der Waals surface area (Å²) in [5, 5.41) is 9.63. The number of phenolic OH excluding ortho intramolecular Hbond substituents is 1. The number of aromatic hydroxyl groups is 1. The van der Waals surface area contributed by atoms with Gasteiger partial charge in [-0.2, -0.15) is 0 Å². The molecular formula is C14H18O5. The molecule has 0 spiro atoms. The van der Waals surface area contributed by atoms with Crippen LogP contribution in [0.15, 0.2) is 18.2 Å². The fourth-order valence-electron chi connectivity index (χ4n) is 1.39. The molecule has 1 N–H and O–H groups in total. The van der Waals surface area contributed by atoms with Gasteiger partial charge in [0, 0.05) is 0 Å². The Morgan fingerprint density at radius 2 is 1.53 bits per heavy atom. The van der Waals surface area contributed by atoms with Gasteiger partial charge in [-0.25, -0.2) is 9.59 Å². The normalized spacial score (nSPS) is 10.6. The van der Waals surface area contributed by atoms with E-state index in [4.69, 9.17) is 9.47 Å². The molecule has 0 aliphatic heterocycles. The van der Waals surface area contributed by atoms with Crippen LogP contribution in [0.3, 0.4) is 0 Å². The Morgan fingerprint density at radius 1 is 1.00 bits per heavy atom. The highest BCUT2D eigenvalue weighted by Crippen LogP contribution is 2.21. The Morgan fingerprint density at radius 3 is 2.05 bits per heavy atom. The summed E-state index contributed by atoms with van der Waals surface area (Å²) in [6.07, 6.45) is -0.564. The molecule has 0 heterocycles. The van der Waals surface area contributed by atoms with Crippen LogP contribution in [-0.4, -0.2) is 29.3 Å². The Bertz CT molecular complexity index is 477. The molecule has 0 radical (unpaired) electrons. The minimum absolute atomic E-state index is 0.0492. The highest BCUT2D eigenvalue weighted by atomic mass is 16.5. The summed E-state index contributed by atoms with van der Waals surface area (Å²) >= 11 is 0. The zero-order valence-corrected chi connectivity index (χ0v) is 11.5. The fraction of sp³-hybridized carbons (Fsp3) is 0.429. The minimum atomic E-state index is -0.674. The molecular weight excluding hydrogens is 248 g/mol. The maximum Gasteiger partial charge on any atom is 0.342 e. The molecule has 0 aromatic heterocycles. The van der Waals surface area contributed by atoms with Crippen LogP contribution < -0.4 is 0 Å². The van der Waals surface area contributed by atoms with E-state index in [1.165, 1.54) is 18.2 Å². The Hall–Kier alpha value is -2.04. The van der Waals surface area contributed by atoms with E-state index in [0.717, 1.165) is 0 Å². The third-order valence-corrected chi connectivity index (χ3v) is 2.14. The lowest BCUT2D eigenvalue weighted by molar-refractivity contribution is 0.0374. The van der Waals surface area contributed by atoms with Crippen molar-refractivity contribution in [3.63, 3.8) is 0 Å². The summed E-state index contributed by atoms with van der Waals surface area (Å²) in [6.45, 7) is 6.86. The van der Waals surface area contributed by atoms with Crippen molar-refractivity contribution < 1.29 is 24.2 Å². The predicted octanol–water partition coefficient (Wildman–Crippen LogP) is 2.52. The topological polar surface area (TPSA) is 72.8 Å². The van der Waals surface area contributed by atoms with Gasteiger partial charge in [0.25, 0.3) is 0 Å². The molecule has 19 heavy (non-hydrogen) atoms. The average Bonchev–Trinajstić information content (AvgIpc) is 2.27. The SMILES string of the molecule is CC(C)OC(=O)c1ccc(O)c(C(=O)OC(C)C)c1. The van der Waals surface area contributed by atoms with Crippen LogP contribution in [-0.2, 0) is 9.47 Å². The molecule has 1 aromatic rings. The molecule has 1 aromatic carbocycles. The van der Waals surface area contributed by atoms with Crippen LogP contribution in [0.4, 0.5) is 0 Å². The summed E-state index contributed by atoms with van der Waals surface area (Å²) in [5.41, 5.74) is 0.147. The molecule has 0 aliphatic rings. The van der Waals surface area contributed by atoms with Gasteiger partial charge in [-0.3, -0.25) is 0 Å². The minimum Gasteiger partial charge on any atom is -0.507 e. The summed E-state index contributed by atoms with van der Waals surface area (Å²) in [7, 11) is 0. The first-order valence-corrected chi connectivity index (χ1v) is 6.06. The molecule has 1 rings (SSSR count). The third kappa shape index (κ3) is 4.28. The van der Waals surface area contributed by atoms with Crippen molar-refractivity contribution in [3.8, 4) is 5.75 Å². The van der Waals surface area contributed by atoms with E-state index in [1.54, 1.807) is 27.7 Å². The lowest BCUT2D eigenvalue weighted by Gasteiger charge is -2.11. The molecule has 0 saturated heterocycles. The Kier molecular flexibility index (Phi) is 4.92. The second kappa shape index (κ2) is 6.22. The van der Waals surface area contributed by atoms with E-state index in [2.05, 4.69) is 0 Å². The van der Waals surface area contributed by atoms with Gasteiger partial charge < -0.3 is 14.6 Å². The number of hydrogen-bond donors (Lipinski definition) is 1. The van der Waals surface area contributed by atoms with Gasteiger partial charge in [0.2, 0.25) is 0 Å². The maximum absolute atomic E-state index is 11.7. The van der Waals surface area contributed by atoms with E-state index >= 15 is 0 Å². The lowest BCUT2D eigenvalue weighted by Crippen LogP contribution is -2.14. The van der Waals surface area contributed by atoms with Crippen LogP contribution >= 0.6 is 0 Å². The molecule has 0 unspecified atom stereocenters. The summed E-state index contributed by atoms with van der Waals surface area (Å²) in [6, 6.07) is 3.94. The van der Waals surface area contributed by atoms with Crippen LogP contribution in [0.25, 0.3) is 0 Å². The molecule has 5 heteroatoms. The van der Waals surface area contributed by atoms with Crippen molar-refractivity contribution >= 4 is 11.9 Å². The van der Waals surface area contributed by atoms with Crippen molar-refractivity contribution in [3.05, 3.63) is 29.3 Å². The van der Waals surface area contributed by atoms with Gasteiger partial charge in [0.1, 0.15) is 11.3 Å². The first-order chi connectivity index (χ1) is 8.81. The predicted molar refractivity (Wildman–Crippen MR) is 69.2 cm³/mol. The summed E-state index contributed by atoms with van der Waals surface area (Å²) < 4.78 is 10.0. The molecule has 5 nitrogen and oxygen atoms in total. The van der Waals surface area contributed by atoms with Crippen molar-refractivity contribution in [2.75, 3.05) is 0 Å². The number of ether oxygens (including phenoxy) is 2. The van der Waals surface area contributed by atoms with Crippen LogP contribution in [0.2, 0.25) is 0 Å². The van der Waals surface area contributed by atoms with E-state index in [-0.39, 0.29) is 29.1 Å². The van der Waals surface area contributed by atoms with Gasteiger partial charge in [0.05, 0.1) is 17.8 Å². The molecule has 0 atom stereocenters. The van der Waals surface area contributed by atoms with Gasteiger partial charge in [-0.1, -0.05) is 0 Å². The highest BCUT2D eigenvalue weighted by molar-refractivity contribution is 5.97. The highest BCUT2D eigenvalue weighted by Gasteiger charge is 2.18. The monoisotopic (exact) mass is 266 g/mol.